The summed E-state index contributed by atoms with van der Waals surface area (Å²) in [6.45, 7) is -0.213. The SMILES string of the molecule is Cn1ncc(NC(=O)c2nc(-c3cccc(C(F)(F)F)c3F)sc2N)c1[C@@H]1CC[C@@H](N)[C@@H](F)CO1. The largest absolute Gasteiger partial charge is 0.419 e. The first-order chi connectivity index (χ1) is 16.5. The van der Waals surface area contributed by atoms with Crippen LogP contribution >= 0.6 is 11.3 Å². The van der Waals surface area contributed by atoms with E-state index in [9.17, 15) is 26.7 Å². The summed E-state index contributed by atoms with van der Waals surface area (Å²) < 4.78 is 74.8. The van der Waals surface area contributed by atoms with Crippen molar-refractivity contribution in [1.82, 2.24) is 14.8 Å². The smallest absolute Gasteiger partial charge is 0.389 e. The average Bonchev–Trinajstić information content (AvgIpc) is 3.30. The first kappa shape index (κ1) is 25.0. The van der Waals surface area contributed by atoms with Crippen molar-refractivity contribution in [3.05, 3.63) is 47.2 Å². The standard InChI is InChI=1S/C21H21F5N6O2S/c1-32-17(14-6-5-12(27)11(22)8-34-14)13(7-29-32)30-19(33)16-18(28)35-20(31-16)9-3-2-4-10(15(9)23)21(24,25)26/h2-4,7,11-12,14H,5-6,8,27-28H2,1H3,(H,30,33)/t11-,12+,14-/m0/s1. The molecule has 8 nitrogen and oxygen atoms in total. The van der Waals surface area contributed by atoms with Crippen LogP contribution in [0.25, 0.3) is 10.6 Å². The molecule has 5 N–H and O–H groups in total. The molecule has 1 aromatic carbocycles. The van der Waals surface area contributed by atoms with Crippen LogP contribution < -0.4 is 16.8 Å². The number of amides is 1. The molecule has 3 heterocycles. The maximum absolute atomic E-state index is 14.5. The van der Waals surface area contributed by atoms with Gasteiger partial charge >= 0.3 is 6.18 Å². The molecular formula is C21H21F5N6O2S. The molecule has 0 unspecified atom stereocenters. The zero-order valence-corrected chi connectivity index (χ0v) is 19.1. The van der Waals surface area contributed by atoms with Crippen molar-refractivity contribution in [3.8, 4) is 10.6 Å². The lowest BCUT2D eigenvalue weighted by Crippen LogP contribution is -2.32. The average molecular weight is 516 g/mol. The molecular weight excluding hydrogens is 495 g/mol. The molecule has 2 aromatic heterocycles. The van der Waals surface area contributed by atoms with Gasteiger partial charge in [-0.3, -0.25) is 9.48 Å². The van der Waals surface area contributed by atoms with Gasteiger partial charge in [-0.05, 0) is 25.0 Å². The number of hydrogen-bond donors (Lipinski definition) is 3. The zero-order valence-electron chi connectivity index (χ0n) is 18.3. The van der Waals surface area contributed by atoms with Crippen LogP contribution in [-0.2, 0) is 18.0 Å². The van der Waals surface area contributed by atoms with Crippen LogP contribution in [0, 0.1) is 5.82 Å². The van der Waals surface area contributed by atoms with Gasteiger partial charge in [0.05, 0.1) is 29.7 Å². The number of aromatic nitrogens is 3. The van der Waals surface area contributed by atoms with Crippen molar-refractivity contribution in [2.24, 2.45) is 12.8 Å². The van der Waals surface area contributed by atoms with Crippen molar-refractivity contribution in [2.45, 2.75) is 37.3 Å². The third-order valence-corrected chi connectivity index (χ3v) is 6.54. The van der Waals surface area contributed by atoms with Gasteiger partial charge in [0.15, 0.2) is 5.69 Å². The van der Waals surface area contributed by atoms with Crippen molar-refractivity contribution in [1.29, 1.82) is 0 Å². The molecule has 0 radical (unpaired) electrons. The number of nitrogens with one attached hydrogen (secondary N) is 1. The monoisotopic (exact) mass is 516 g/mol. The van der Waals surface area contributed by atoms with Crippen LogP contribution in [0.4, 0.5) is 32.6 Å². The van der Waals surface area contributed by atoms with Gasteiger partial charge in [0.2, 0.25) is 0 Å². The van der Waals surface area contributed by atoms with Crippen molar-refractivity contribution < 1.29 is 31.5 Å². The third kappa shape index (κ3) is 4.99. The molecule has 0 aliphatic carbocycles. The lowest BCUT2D eigenvalue weighted by atomic mass is 10.0. The van der Waals surface area contributed by atoms with E-state index in [0.717, 1.165) is 12.1 Å². The molecule has 0 spiro atoms. The van der Waals surface area contributed by atoms with E-state index >= 15 is 0 Å². The number of nitrogens with zero attached hydrogens (tertiary/aromatic N) is 3. The predicted molar refractivity (Wildman–Crippen MR) is 119 cm³/mol. The number of nitrogens with two attached hydrogens (primary N) is 2. The number of anilines is 2. The van der Waals surface area contributed by atoms with E-state index in [-0.39, 0.29) is 28.0 Å². The number of thiazole rings is 1. The minimum atomic E-state index is -4.90. The van der Waals surface area contributed by atoms with Gasteiger partial charge in [0.25, 0.3) is 5.91 Å². The Morgan fingerprint density at radius 2 is 2.06 bits per heavy atom. The Hall–Kier alpha value is -3.10. The second kappa shape index (κ2) is 9.51. The molecule has 1 aliphatic heterocycles. The summed E-state index contributed by atoms with van der Waals surface area (Å²) in [6.07, 6.45) is -4.70. The molecule has 14 heteroatoms. The first-order valence-corrected chi connectivity index (χ1v) is 11.3. The molecule has 1 fully saturated rings. The van der Waals surface area contributed by atoms with Gasteiger partial charge in [0.1, 0.15) is 28.1 Å². The van der Waals surface area contributed by atoms with Crippen molar-refractivity contribution >= 4 is 27.9 Å². The van der Waals surface area contributed by atoms with E-state index in [2.05, 4.69) is 15.4 Å². The molecule has 188 valence electrons. The fourth-order valence-corrected chi connectivity index (χ4v) is 4.64. The lowest BCUT2D eigenvalue weighted by molar-refractivity contribution is -0.139. The first-order valence-electron chi connectivity index (χ1n) is 10.4. The summed E-state index contributed by atoms with van der Waals surface area (Å²) in [5, 5.41) is 6.43. The molecule has 1 saturated heterocycles. The summed E-state index contributed by atoms with van der Waals surface area (Å²) in [5.41, 5.74) is 10.2. The predicted octanol–water partition coefficient (Wildman–Crippen LogP) is 4.05. The summed E-state index contributed by atoms with van der Waals surface area (Å²) >= 11 is 0.678. The highest BCUT2D eigenvalue weighted by Gasteiger charge is 2.36. The van der Waals surface area contributed by atoms with Gasteiger partial charge in [-0.15, -0.1) is 0 Å². The van der Waals surface area contributed by atoms with Crippen LogP contribution in [-0.4, -0.2) is 39.5 Å². The topological polar surface area (TPSA) is 121 Å². The molecule has 0 saturated carbocycles. The third-order valence-electron chi connectivity index (χ3n) is 5.62. The minimum Gasteiger partial charge on any atom is -0.389 e. The highest BCUT2D eigenvalue weighted by molar-refractivity contribution is 7.19. The molecule has 3 aromatic rings. The van der Waals surface area contributed by atoms with Crippen LogP contribution in [0.2, 0.25) is 0 Å². The highest BCUT2D eigenvalue weighted by atomic mass is 32.1. The summed E-state index contributed by atoms with van der Waals surface area (Å²) in [5.74, 6) is -2.29. The molecule has 4 rings (SSSR count). The Morgan fingerprint density at radius 1 is 1.31 bits per heavy atom. The fourth-order valence-electron chi connectivity index (χ4n) is 3.79. The van der Waals surface area contributed by atoms with Crippen molar-refractivity contribution in [3.63, 3.8) is 0 Å². The number of hydrogen-bond acceptors (Lipinski definition) is 7. The van der Waals surface area contributed by atoms with Crippen LogP contribution in [0.1, 0.15) is 40.7 Å². The van der Waals surface area contributed by atoms with Crippen molar-refractivity contribution in [2.75, 3.05) is 17.7 Å². The quantitative estimate of drug-likeness (QED) is 0.450. The van der Waals surface area contributed by atoms with E-state index in [4.69, 9.17) is 16.2 Å². The van der Waals surface area contributed by atoms with E-state index in [1.54, 1.807) is 7.05 Å². The number of aryl methyl sites for hydroxylation is 1. The Kier molecular flexibility index (Phi) is 6.79. The number of benzene rings is 1. The van der Waals surface area contributed by atoms with Gasteiger partial charge in [-0.25, -0.2) is 13.8 Å². The molecule has 1 amide bonds. The second-order valence-electron chi connectivity index (χ2n) is 8.00. The number of alkyl halides is 4. The second-order valence-corrected chi connectivity index (χ2v) is 9.03. The Labute approximate surface area is 200 Å². The van der Waals surface area contributed by atoms with Gasteiger partial charge in [0, 0.05) is 18.7 Å². The van der Waals surface area contributed by atoms with Gasteiger partial charge < -0.3 is 21.5 Å². The number of rotatable bonds is 4. The molecule has 35 heavy (non-hydrogen) atoms. The lowest BCUT2D eigenvalue weighted by Gasteiger charge is -2.17. The summed E-state index contributed by atoms with van der Waals surface area (Å²) in [6, 6.07) is 2.11. The minimum absolute atomic E-state index is 0.114. The summed E-state index contributed by atoms with van der Waals surface area (Å²) in [7, 11) is 1.62. The zero-order chi connectivity index (χ0) is 25.5. The maximum Gasteiger partial charge on any atom is 0.419 e. The maximum atomic E-state index is 14.5. The number of ether oxygens (including phenoxy) is 1. The van der Waals surface area contributed by atoms with E-state index < -0.39 is 47.3 Å². The Bertz CT molecular complexity index is 1230. The van der Waals surface area contributed by atoms with Crippen LogP contribution in [0.5, 0.6) is 0 Å². The van der Waals surface area contributed by atoms with Crippen LogP contribution in [0.3, 0.4) is 0 Å². The highest BCUT2D eigenvalue weighted by Crippen LogP contribution is 2.38. The van der Waals surface area contributed by atoms with Gasteiger partial charge in [-0.1, -0.05) is 17.4 Å². The fraction of sp³-hybridized carbons (Fsp3) is 0.381. The van der Waals surface area contributed by atoms with Gasteiger partial charge in [-0.2, -0.15) is 18.3 Å². The number of halogens is 5. The Morgan fingerprint density at radius 3 is 2.77 bits per heavy atom. The van der Waals surface area contributed by atoms with E-state index in [0.29, 0.717) is 35.9 Å². The Balaban J connectivity index is 1.60. The normalized spacial score (nSPS) is 21.1. The van der Waals surface area contributed by atoms with E-state index in [1.807, 2.05) is 0 Å². The molecule has 1 aliphatic rings. The van der Waals surface area contributed by atoms with Crippen LogP contribution in [0.15, 0.2) is 24.4 Å². The number of carbonyl (C=O) groups excluding carboxylic acids is 1. The van der Waals surface area contributed by atoms with E-state index in [1.165, 1.54) is 10.9 Å². The molecule has 0 bridgehead atoms. The number of carbonyl (C=O) groups is 1. The number of nitrogen functional groups attached to an aromatic ring is 1. The summed E-state index contributed by atoms with van der Waals surface area (Å²) in [4.78, 5) is 16.9. The molecule has 3 atom stereocenters.